The quantitative estimate of drug-likeness (QED) is 0.181. The molecule has 0 saturated heterocycles. The fraction of sp³-hybridized carbons (Fsp3) is 0.321. The van der Waals surface area contributed by atoms with Gasteiger partial charge in [-0.25, -0.2) is 0 Å². The van der Waals surface area contributed by atoms with Gasteiger partial charge in [0.15, 0.2) is 0 Å². The molecule has 6 aromatic carbocycles. The molecule has 6 aliphatic carbocycles. The molecule has 0 aliphatic heterocycles. The van der Waals surface area contributed by atoms with E-state index in [4.69, 9.17) is 4.42 Å². The highest BCUT2D eigenvalue weighted by Crippen LogP contribution is 2.69. The Morgan fingerprint density at radius 3 is 1.78 bits per heavy atom. The van der Waals surface area contributed by atoms with Crippen LogP contribution in [0.15, 0.2) is 126 Å². The molecule has 2 heteroatoms. The fourth-order valence-corrected chi connectivity index (χ4v) is 13.1. The van der Waals surface area contributed by atoms with Crippen LogP contribution in [0.3, 0.4) is 0 Å². The van der Waals surface area contributed by atoms with E-state index in [-0.39, 0.29) is 16.2 Å². The molecule has 0 unspecified atom stereocenters. The Labute approximate surface area is 325 Å². The van der Waals surface area contributed by atoms with Crippen molar-refractivity contribution in [3.05, 3.63) is 149 Å². The second kappa shape index (κ2) is 10.8. The van der Waals surface area contributed by atoms with Crippen LogP contribution in [0.1, 0.15) is 94.5 Å². The van der Waals surface area contributed by atoms with Crippen molar-refractivity contribution in [3.63, 3.8) is 0 Å². The van der Waals surface area contributed by atoms with Crippen LogP contribution in [0.5, 0.6) is 0 Å². The first-order chi connectivity index (χ1) is 26.6. The third kappa shape index (κ3) is 4.21. The van der Waals surface area contributed by atoms with Crippen molar-refractivity contribution >= 4 is 39.0 Å². The Bertz CT molecular complexity index is 2720. The van der Waals surface area contributed by atoms with Crippen LogP contribution >= 0.6 is 0 Å². The van der Waals surface area contributed by atoms with Gasteiger partial charge < -0.3 is 9.32 Å². The Balaban J connectivity index is 1.09. The van der Waals surface area contributed by atoms with Crippen LogP contribution in [0.4, 0.5) is 17.1 Å². The molecule has 1 aromatic heterocycles. The minimum atomic E-state index is -0.0916. The van der Waals surface area contributed by atoms with Crippen LogP contribution in [0, 0.1) is 23.7 Å². The number of hydrogen-bond donors (Lipinski definition) is 0. The highest BCUT2D eigenvalue weighted by molar-refractivity contribution is 6.08. The molecule has 272 valence electrons. The van der Waals surface area contributed by atoms with Gasteiger partial charge in [0, 0.05) is 44.2 Å². The summed E-state index contributed by atoms with van der Waals surface area (Å²) in [5.41, 5.74) is 18.5. The lowest BCUT2D eigenvalue weighted by molar-refractivity contribution is -0.0399. The molecular formula is C53H49NO. The zero-order valence-electron chi connectivity index (χ0n) is 32.7. The predicted octanol–water partition coefficient (Wildman–Crippen LogP) is 14.4. The van der Waals surface area contributed by atoms with Crippen molar-refractivity contribution in [2.24, 2.45) is 23.7 Å². The Morgan fingerprint density at radius 1 is 0.527 bits per heavy atom. The lowest BCUT2D eigenvalue weighted by Gasteiger charge is -2.61. The average Bonchev–Trinajstić information content (AvgIpc) is 3.77. The maximum Gasteiger partial charge on any atom is 0.139 e. The molecule has 1 heterocycles. The highest BCUT2D eigenvalue weighted by atomic mass is 16.3. The standard InChI is InChI=1S/C53H49NO/c1-51(2,3)46-16-10-13-42-43-28-35(19-22-49(43)55-50(42)46)54(36-17-20-40-38-11-6-8-14-44(38)52(4,5)47(40)29-36)37-18-21-41-39-12-7-9-15-45(39)53(48(41)30-37)33-24-31-23-32(26-33)27-34(53)25-31/h6-22,28-34H,23-27H2,1-5H3. The third-order valence-electron chi connectivity index (χ3n) is 15.2. The van der Waals surface area contributed by atoms with Gasteiger partial charge in [-0.15, -0.1) is 0 Å². The van der Waals surface area contributed by atoms with Crippen LogP contribution in [-0.2, 0) is 16.2 Å². The van der Waals surface area contributed by atoms with Crippen LogP contribution in [-0.4, -0.2) is 0 Å². The van der Waals surface area contributed by atoms with E-state index in [1.165, 1.54) is 98.9 Å². The Morgan fingerprint density at radius 2 is 1.09 bits per heavy atom. The molecular weight excluding hydrogens is 667 g/mol. The van der Waals surface area contributed by atoms with E-state index >= 15 is 0 Å². The molecule has 0 radical (unpaired) electrons. The van der Waals surface area contributed by atoms with E-state index in [2.05, 4.69) is 161 Å². The molecule has 4 fully saturated rings. The van der Waals surface area contributed by atoms with Crippen molar-refractivity contribution < 1.29 is 4.42 Å². The lowest BCUT2D eigenvalue weighted by atomic mass is 9.43. The molecule has 2 nitrogen and oxygen atoms in total. The van der Waals surface area contributed by atoms with Gasteiger partial charge >= 0.3 is 0 Å². The van der Waals surface area contributed by atoms with Crippen molar-refractivity contribution in [1.82, 2.24) is 0 Å². The zero-order chi connectivity index (χ0) is 37.0. The maximum atomic E-state index is 6.69. The molecule has 55 heavy (non-hydrogen) atoms. The van der Waals surface area contributed by atoms with Gasteiger partial charge in [0.2, 0.25) is 0 Å². The summed E-state index contributed by atoms with van der Waals surface area (Å²) in [4.78, 5) is 2.55. The van der Waals surface area contributed by atoms with E-state index in [0.717, 1.165) is 34.8 Å². The first-order valence-electron chi connectivity index (χ1n) is 20.9. The minimum Gasteiger partial charge on any atom is -0.456 e. The van der Waals surface area contributed by atoms with Crippen LogP contribution < -0.4 is 4.90 Å². The number of furan rings is 1. The smallest absolute Gasteiger partial charge is 0.139 e. The van der Waals surface area contributed by atoms with E-state index in [1.54, 1.807) is 11.1 Å². The number of hydrogen-bond acceptors (Lipinski definition) is 2. The second-order valence-corrected chi connectivity index (χ2v) is 19.4. The third-order valence-corrected chi connectivity index (χ3v) is 15.2. The number of fused-ring (bicyclic) bond motifs is 9. The minimum absolute atomic E-state index is 0.0209. The SMILES string of the molecule is CC(C)(C)c1cccc2c1oc1ccc(N(c3ccc4c(c3)C(C)(C)c3ccccc3-4)c3ccc4c(c3)C3(c5ccccc5-4)C4CC5CC(C4)CC3C5)cc12. The van der Waals surface area contributed by atoms with Gasteiger partial charge in [0.1, 0.15) is 11.2 Å². The maximum absolute atomic E-state index is 6.69. The predicted molar refractivity (Wildman–Crippen MR) is 228 cm³/mol. The summed E-state index contributed by atoms with van der Waals surface area (Å²) in [6, 6.07) is 46.8. The summed E-state index contributed by atoms with van der Waals surface area (Å²) in [6.45, 7) is 11.6. The molecule has 4 saturated carbocycles. The van der Waals surface area contributed by atoms with E-state index in [9.17, 15) is 0 Å². The van der Waals surface area contributed by atoms with Crippen molar-refractivity contribution in [3.8, 4) is 22.3 Å². The Kier molecular flexibility index (Phi) is 6.33. The van der Waals surface area contributed by atoms with Crippen LogP contribution in [0.2, 0.25) is 0 Å². The molecule has 0 amide bonds. The van der Waals surface area contributed by atoms with Gasteiger partial charge in [0.25, 0.3) is 0 Å². The van der Waals surface area contributed by atoms with Gasteiger partial charge in [-0.2, -0.15) is 0 Å². The topological polar surface area (TPSA) is 16.4 Å². The van der Waals surface area contributed by atoms with Gasteiger partial charge in [0.05, 0.1) is 0 Å². The summed E-state index contributed by atoms with van der Waals surface area (Å²) in [6.07, 6.45) is 7.00. The van der Waals surface area contributed by atoms with Crippen molar-refractivity contribution in [2.45, 2.75) is 83.0 Å². The fourth-order valence-electron chi connectivity index (χ4n) is 13.1. The monoisotopic (exact) mass is 715 g/mol. The number of anilines is 3. The summed E-state index contributed by atoms with van der Waals surface area (Å²) in [7, 11) is 0. The van der Waals surface area contributed by atoms with Gasteiger partial charge in [-0.05, 0) is 148 Å². The molecule has 4 bridgehead atoms. The summed E-state index contributed by atoms with van der Waals surface area (Å²) < 4.78 is 6.69. The number of benzene rings is 6. The molecule has 0 N–H and O–H groups in total. The van der Waals surface area contributed by atoms with Crippen molar-refractivity contribution in [1.29, 1.82) is 0 Å². The zero-order valence-corrected chi connectivity index (χ0v) is 32.7. The van der Waals surface area contributed by atoms with Gasteiger partial charge in [-0.1, -0.05) is 113 Å². The van der Waals surface area contributed by atoms with E-state index in [0.29, 0.717) is 0 Å². The normalized spacial score (nSPS) is 25.0. The summed E-state index contributed by atoms with van der Waals surface area (Å²) >= 11 is 0. The van der Waals surface area contributed by atoms with Crippen molar-refractivity contribution in [2.75, 3.05) is 4.90 Å². The van der Waals surface area contributed by atoms with E-state index < -0.39 is 0 Å². The summed E-state index contributed by atoms with van der Waals surface area (Å²) in [5.74, 6) is 3.27. The number of rotatable bonds is 3. The van der Waals surface area contributed by atoms with Gasteiger partial charge in [-0.3, -0.25) is 0 Å². The van der Waals surface area contributed by atoms with Crippen LogP contribution in [0.25, 0.3) is 44.2 Å². The number of nitrogens with zero attached hydrogens (tertiary/aromatic N) is 1. The lowest BCUT2D eigenvalue weighted by Crippen LogP contribution is -2.55. The average molecular weight is 716 g/mol. The highest BCUT2D eigenvalue weighted by Gasteiger charge is 2.61. The Hall–Kier alpha value is -5.08. The summed E-state index contributed by atoms with van der Waals surface area (Å²) in [5, 5.41) is 2.36. The molecule has 6 aliphatic rings. The second-order valence-electron chi connectivity index (χ2n) is 19.4. The molecule has 1 spiro atoms. The number of para-hydroxylation sites is 1. The first kappa shape index (κ1) is 32.2. The molecule has 0 atom stereocenters. The molecule has 7 aromatic rings. The van der Waals surface area contributed by atoms with E-state index in [1.807, 2.05) is 0 Å². The molecule has 13 rings (SSSR count). The first-order valence-corrected chi connectivity index (χ1v) is 20.9. The largest absolute Gasteiger partial charge is 0.456 e.